The van der Waals surface area contributed by atoms with Gasteiger partial charge >= 0.3 is 0 Å². The summed E-state index contributed by atoms with van der Waals surface area (Å²) in [6.45, 7) is 2.18. The van der Waals surface area contributed by atoms with E-state index in [0.717, 1.165) is 30.1 Å². The van der Waals surface area contributed by atoms with E-state index in [1.165, 1.54) is 38.9 Å². The SMILES string of the molecule is CCc1cc(-c2cccc3c2O3)c2c(c1OC)Cc1ccccc1-2. The van der Waals surface area contributed by atoms with E-state index in [4.69, 9.17) is 9.47 Å². The minimum atomic E-state index is 0.936. The first kappa shape index (κ1) is 13.7. The number of hydrogen-bond acceptors (Lipinski definition) is 2. The molecular weight excluding hydrogens is 296 g/mol. The zero-order valence-electron chi connectivity index (χ0n) is 13.8. The lowest BCUT2D eigenvalue weighted by atomic mass is 9.90. The molecule has 0 radical (unpaired) electrons. The molecule has 0 saturated heterocycles. The standard InChI is InChI=1S/C22H18O2/c1-3-13-11-17(16-9-6-10-19-22(16)24-19)20-15-8-5-4-7-14(15)12-18(20)21(13)23-2/h4-11H,3,12H2,1-2H3. The monoisotopic (exact) mass is 314 g/mol. The predicted octanol–water partition coefficient (Wildman–Crippen LogP) is 5.60. The highest BCUT2D eigenvalue weighted by molar-refractivity contribution is 5.96. The summed E-state index contributed by atoms with van der Waals surface area (Å²) < 4.78 is 11.5. The molecule has 0 amide bonds. The second-order valence-corrected chi connectivity index (χ2v) is 6.39. The molecule has 0 aromatic heterocycles. The van der Waals surface area contributed by atoms with Crippen LogP contribution in [0.5, 0.6) is 17.2 Å². The molecule has 0 N–H and O–H groups in total. The number of fused-ring (bicyclic) bond motifs is 4. The van der Waals surface area contributed by atoms with Gasteiger partial charge < -0.3 is 9.47 Å². The molecule has 2 heteroatoms. The third-order valence-electron chi connectivity index (χ3n) is 5.13. The first-order valence-electron chi connectivity index (χ1n) is 8.44. The molecule has 3 aromatic carbocycles. The van der Waals surface area contributed by atoms with E-state index in [1.807, 2.05) is 6.07 Å². The van der Waals surface area contributed by atoms with Gasteiger partial charge in [0.25, 0.3) is 0 Å². The van der Waals surface area contributed by atoms with Crippen LogP contribution in [0.15, 0.2) is 48.5 Å². The van der Waals surface area contributed by atoms with Gasteiger partial charge in [-0.3, -0.25) is 0 Å². The van der Waals surface area contributed by atoms with Crippen LogP contribution in [-0.2, 0) is 12.8 Å². The van der Waals surface area contributed by atoms with E-state index in [2.05, 4.69) is 49.4 Å². The van der Waals surface area contributed by atoms with Crippen LogP contribution < -0.4 is 9.47 Å². The summed E-state index contributed by atoms with van der Waals surface area (Å²) >= 11 is 0. The highest BCUT2D eigenvalue weighted by atomic mass is 16.6. The van der Waals surface area contributed by atoms with Crippen molar-refractivity contribution in [1.82, 2.24) is 0 Å². The molecule has 3 aromatic rings. The highest BCUT2D eigenvalue weighted by Crippen LogP contribution is 2.56. The Labute approximate surface area is 141 Å². The maximum absolute atomic E-state index is 5.81. The molecular formula is C22H18O2. The fourth-order valence-electron chi connectivity index (χ4n) is 4.00. The molecule has 2 aliphatic rings. The summed E-state index contributed by atoms with van der Waals surface area (Å²) in [5.41, 5.74) is 9.03. The van der Waals surface area contributed by atoms with Gasteiger partial charge in [-0.2, -0.15) is 0 Å². The minimum absolute atomic E-state index is 0.936. The summed E-state index contributed by atoms with van der Waals surface area (Å²) in [4.78, 5) is 0. The van der Waals surface area contributed by atoms with Gasteiger partial charge in [-0.15, -0.1) is 0 Å². The maximum Gasteiger partial charge on any atom is 0.177 e. The number of methoxy groups -OCH3 is 1. The normalized spacial score (nSPS) is 12.9. The Kier molecular flexibility index (Phi) is 2.78. The average molecular weight is 314 g/mol. The van der Waals surface area contributed by atoms with E-state index >= 15 is 0 Å². The van der Waals surface area contributed by atoms with Crippen LogP contribution in [0.2, 0.25) is 0 Å². The molecule has 118 valence electrons. The van der Waals surface area contributed by atoms with Crippen molar-refractivity contribution in [3.63, 3.8) is 0 Å². The number of hydrogen-bond donors (Lipinski definition) is 0. The Morgan fingerprint density at radius 1 is 1.00 bits per heavy atom. The van der Waals surface area contributed by atoms with Crippen molar-refractivity contribution in [2.75, 3.05) is 7.11 Å². The van der Waals surface area contributed by atoms with E-state index in [9.17, 15) is 0 Å². The quantitative estimate of drug-likeness (QED) is 0.404. The van der Waals surface area contributed by atoms with Crippen LogP contribution in [-0.4, -0.2) is 7.11 Å². The number of para-hydroxylation sites is 1. The third-order valence-corrected chi connectivity index (χ3v) is 5.13. The van der Waals surface area contributed by atoms with Gasteiger partial charge in [-0.25, -0.2) is 0 Å². The van der Waals surface area contributed by atoms with Gasteiger partial charge in [0, 0.05) is 17.5 Å². The lowest BCUT2D eigenvalue weighted by Gasteiger charge is -2.17. The summed E-state index contributed by atoms with van der Waals surface area (Å²) in [6.07, 6.45) is 1.89. The molecule has 0 fully saturated rings. The van der Waals surface area contributed by atoms with Gasteiger partial charge in [0.05, 0.1) is 7.11 Å². The summed E-state index contributed by atoms with van der Waals surface area (Å²) in [6, 6.07) is 17.2. The molecule has 1 aliphatic heterocycles. The van der Waals surface area contributed by atoms with Crippen molar-refractivity contribution in [2.45, 2.75) is 19.8 Å². The van der Waals surface area contributed by atoms with Crippen LogP contribution in [0, 0.1) is 0 Å². The molecule has 5 rings (SSSR count). The average Bonchev–Trinajstić information content (AvgIpc) is 3.32. The second kappa shape index (κ2) is 4.88. The van der Waals surface area contributed by atoms with Gasteiger partial charge in [-0.05, 0) is 46.4 Å². The summed E-state index contributed by atoms with van der Waals surface area (Å²) in [5, 5.41) is 0. The van der Waals surface area contributed by atoms with Gasteiger partial charge in [-0.1, -0.05) is 43.3 Å². The van der Waals surface area contributed by atoms with E-state index in [-0.39, 0.29) is 0 Å². The molecule has 0 bridgehead atoms. The number of benzene rings is 3. The van der Waals surface area contributed by atoms with Crippen LogP contribution in [0.3, 0.4) is 0 Å². The molecule has 1 heterocycles. The lowest BCUT2D eigenvalue weighted by Crippen LogP contribution is -1.98. The Balaban J connectivity index is 1.86. The number of ether oxygens (including phenoxy) is 2. The topological polar surface area (TPSA) is 21.8 Å². The third kappa shape index (κ3) is 1.77. The van der Waals surface area contributed by atoms with Crippen LogP contribution in [0.4, 0.5) is 0 Å². The van der Waals surface area contributed by atoms with Crippen LogP contribution in [0.25, 0.3) is 22.3 Å². The van der Waals surface area contributed by atoms with Gasteiger partial charge in [0.15, 0.2) is 11.5 Å². The fourth-order valence-corrected chi connectivity index (χ4v) is 4.00. The number of rotatable bonds is 3. The molecule has 2 nitrogen and oxygen atoms in total. The minimum Gasteiger partial charge on any atom is -0.496 e. The number of aryl methyl sites for hydroxylation is 1. The molecule has 24 heavy (non-hydrogen) atoms. The van der Waals surface area contributed by atoms with Gasteiger partial charge in [0.1, 0.15) is 5.75 Å². The van der Waals surface area contributed by atoms with Crippen molar-refractivity contribution in [3.05, 3.63) is 65.2 Å². The first-order valence-corrected chi connectivity index (χ1v) is 8.44. The second-order valence-electron chi connectivity index (χ2n) is 6.39. The molecule has 0 unspecified atom stereocenters. The van der Waals surface area contributed by atoms with Crippen molar-refractivity contribution in [3.8, 4) is 39.5 Å². The Morgan fingerprint density at radius 3 is 2.67 bits per heavy atom. The maximum atomic E-state index is 5.81. The summed E-state index contributed by atoms with van der Waals surface area (Å²) in [7, 11) is 1.78. The Morgan fingerprint density at radius 2 is 1.83 bits per heavy atom. The zero-order chi connectivity index (χ0) is 16.3. The molecule has 0 saturated carbocycles. The van der Waals surface area contributed by atoms with E-state index in [1.54, 1.807) is 7.11 Å². The van der Waals surface area contributed by atoms with E-state index in [0.29, 0.717) is 0 Å². The van der Waals surface area contributed by atoms with Crippen LogP contribution in [0.1, 0.15) is 23.6 Å². The molecule has 0 atom stereocenters. The molecule has 1 aliphatic carbocycles. The van der Waals surface area contributed by atoms with E-state index < -0.39 is 0 Å². The zero-order valence-corrected chi connectivity index (χ0v) is 13.8. The lowest BCUT2D eigenvalue weighted by molar-refractivity contribution is 0.406. The predicted molar refractivity (Wildman–Crippen MR) is 96.1 cm³/mol. The summed E-state index contributed by atoms with van der Waals surface area (Å²) in [5.74, 6) is 3.07. The van der Waals surface area contributed by atoms with Crippen LogP contribution >= 0.6 is 0 Å². The van der Waals surface area contributed by atoms with Crippen molar-refractivity contribution >= 4 is 0 Å². The largest absolute Gasteiger partial charge is 0.496 e. The fraction of sp³-hybridized carbons (Fsp3) is 0.182. The van der Waals surface area contributed by atoms with Crippen molar-refractivity contribution in [1.29, 1.82) is 0 Å². The van der Waals surface area contributed by atoms with Crippen molar-refractivity contribution < 1.29 is 9.47 Å². The highest BCUT2D eigenvalue weighted by Gasteiger charge is 2.31. The Hall–Kier alpha value is -2.74. The smallest absolute Gasteiger partial charge is 0.177 e. The Bertz CT molecular complexity index is 986. The molecule has 0 spiro atoms. The van der Waals surface area contributed by atoms with Gasteiger partial charge in [0.2, 0.25) is 0 Å². The van der Waals surface area contributed by atoms with Crippen molar-refractivity contribution in [2.24, 2.45) is 0 Å². The first-order chi connectivity index (χ1) is 11.8.